The van der Waals surface area contributed by atoms with Crippen LogP contribution in [0.15, 0.2) is 36.0 Å². The molecule has 1 aliphatic carbocycles. The molecule has 0 heteroatoms. The van der Waals surface area contributed by atoms with Crippen molar-refractivity contribution >= 4 is 0 Å². The molecule has 0 N–H and O–H groups in total. The van der Waals surface area contributed by atoms with Gasteiger partial charge in [-0.1, -0.05) is 37.3 Å². The molecule has 0 atom stereocenters. The summed E-state index contributed by atoms with van der Waals surface area (Å²) in [6.45, 7) is 8.18. The van der Waals surface area contributed by atoms with E-state index in [1.165, 1.54) is 24.0 Å². The summed E-state index contributed by atoms with van der Waals surface area (Å²) in [6.07, 6.45) is 10.3. The summed E-state index contributed by atoms with van der Waals surface area (Å²) in [7, 11) is 0. The molecule has 0 radical (unpaired) electrons. The Morgan fingerprint density at radius 3 is 2.50 bits per heavy atom. The van der Waals surface area contributed by atoms with Gasteiger partial charge in [0.05, 0.1) is 0 Å². The first-order valence-corrected chi connectivity index (χ1v) is 4.77. The Labute approximate surface area is 75.7 Å². The van der Waals surface area contributed by atoms with Gasteiger partial charge in [-0.05, 0) is 37.7 Å². The topological polar surface area (TPSA) is 0 Å². The number of allylic oxidation sites excluding steroid dienone is 5. The van der Waals surface area contributed by atoms with Crippen molar-refractivity contribution < 1.29 is 0 Å². The van der Waals surface area contributed by atoms with Crippen molar-refractivity contribution in [2.24, 2.45) is 5.92 Å². The van der Waals surface area contributed by atoms with E-state index in [9.17, 15) is 0 Å². The highest BCUT2D eigenvalue weighted by molar-refractivity contribution is 5.29. The monoisotopic (exact) mass is 162 g/mol. The van der Waals surface area contributed by atoms with E-state index in [1.54, 1.807) is 0 Å². The second kappa shape index (κ2) is 4.30. The molecule has 66 valence electrons. The van der Waals surface area contributed by atoms with Gasteiger partial charge in [0.1, 0.15) is 0 Å². The van der Waals surface area contributed by atoms with Gasteiger partial charge in [0.15, 0.2) is 0 Å². The number of rotatable bonds is 4. The van der Waals surface area contributed by atoms with E-state index in [0.29, 0.717) is 0 Å². The molecule has 1 saturated carbocycles. The van der Waals surface area contributed by atoms with Crippen molar-refractivity contribution in [1.82, 2.24) is 0 Å². The van der Waals surface area contributed by atoms with Gasteiger partial charge in [-0.3, -0.25) is 0 Å². The largest absolute Gasteiger partial charge is 0.0988 e. The lowest BCUT2D eigenvalue weighted by atomic mass is 10.1. The molecule has 0 amide bonds. The van der Waals surface area contributed by atoms with E-state index in [1.807, 2.05) is 6.08 Å². The van der Waals surface area contributed by atoms with Gasteiger partial charge in [0, 0.05) is 0 Å². The minimum atomic E-state index is 0.823. The molecule has 1 fully saturated rings. The quantitative estimate of drug-likeness (QED) is 0.550. The van der Waals surface area contributed by atoms with Gasteiger partial charge in [-0.25, -0.2) is 0 Å². The van der Waals surface area contributed by atoms with Crippen LogP contribution in [0.25, 0.3) is 0 Å². The van der Waals surface area contributed by atoms with Crippen molar-refractivity contribution in [1.29, 1.82) is 0 Å². The zero-order chi connectivity index (χ0) is 8.97. The van der Waals surface area contributed by atoms with Crippen LogP contribution in [0.4, 0.5) is 0 Å². The zero-order valence-electron chi connectivity index (χ0n) is 8.14. The third-order valence-electron chi connectivity index (χ3n) is 2.40. The maximum atomic E-state index is 3.83. The lowest BCUT2D eigenvalue weighted by molar-refractivity contribution is 1.05. The highest BCUT2D eigenvalue weighted by Crippen LogP contribution is 2.36. The lowest BCUT2D eigenvalue weighted by Crippen LogP contribution is -1.78. The molecule has 1 aliphatic rings. The number of hydrogen-bond donors (Lipinski definition) is 0. The predicted octanol–water partition coefficient (Wildman–Crippen LogP) is 3.87. The van der Waals surface area contributed by atoms with Gasteiger partial charge in [-0.2, -0.15) is 0 Å². The van der Waals surface area contributed by atoms with Crippen molar-refractivity contribution in [2.75, 3.05) is 0 Å². The normalized spacial score (nSPS) is 19.5. The van der Waals surface area contributed by atoms with E-state index in [-0.39, 0.29) is 0 Å². The molecule has 0 heterocycles. The molecule has 12 heavy (non-hydrogen) atoms. The van der Waals surface area contributed by atoms with Crippen molar-refractivity contribution in [3.8, 4) is 0 Å². The standard InChI is InChI=1S/C12H18/c1-4-10(3)6-7-11(5-2)12-8-9-12/h5-7,12H,2,4,8-9H2,1,3H3/b10-6+,11-7+. The first-order chi connectivity index (χ1) is 5.77. The SMILES string of the molecule is C=C/C(=C\C=C(/C)CC)C1CC1. The van der Waals surface area contributed by atoms with E-state index in [2.05, 4.69) is 32.6 Å². The first kappa shape index (κ1) is 9.31. The summed E-state index contributed by atoms with van der Waals surface area (Å²) in [6, 6.07) is 0. The Morgan fingerprint density at radius 1 is 1.42 bits per heavy atom. The van der Waals surface area contributed by atoms with Gasteiger partial charge < -0.3 is 0 Å². The third kappa shape index (κ3) is 2.69. The summed E-state index contributed by atoms with van der Waals surface area (Å²) in [5.41, 5.74) is 2.86. The average molecular weight is 162 g/mol. The summed E-state index contributed by atoms with van der Waals surface area (Å²) in [4.78, 5) is 0. The van der Waals surface area contributed by atoms with E-state index in [4.69, 9.17) is 0 Å². The van der Waals surface area contributed by atoms with Crippen LogP contribution in [0.5, 0.6) is 0 Å². The first-order valence-electron chi connectivity index (χ1n) is 4.77. The third-order valence-corrected chi connectivity index (χ3v) is 2.40. The van der Waals surface area contributed by atoms with E-state index >= 15 is 0 Å². The smallest absolute Gasteiger partial charge is 0.0162 e. The number of hydrogen-bond acceptors (Lipinski definition) is 0. The molecule has 0 aliphatic heterocycles. The summed E-state index contributed by atoms with van der Waals surface area (Å²) in [5.74, 6) is 0.823. The van der Waals surface area contributed by atoms with Crippen LogP contribution >= 0.6 is 0 Å². The Balaban J connectivity index is 2.57. The lowest BCUT2D eigenvalue weighted by Gasteiger charge is -1.96. The Morgan fingerprint density at radius 2 is 2.08 bits per heavy atom. The maximum absolute atomic E-state index is 3.83. The summed E-state index contributed by atoms with van der Waals surface area (Å²) in [5, 5.41) is 0. The second-order valence-corrected chi connectivity index (χ2v) is 3.51. The van der Waals surface area contributed by atoms with Gasteiger partial charge in [0.2, 0.25) is 0 Å². The molecule has 0 unspecified atom stereocenters. The Bertz CT molecular complexity index is 214. The Kier molecular flexibility index (Phi) is 3.33. The minimum Gasteiger partial charge on any atom is -0.0988 e. The summed E-state index contributed by atoms with van der Waals surface area (Å²) < 4.78 is 0. The van der Waals surface area contributed by atoms with Crippen LogP contribution in [-0.4, -0.2) is 0 Å². The van der Waals surface area contributed by atoms with Gasteiger partial charge in [0.25, 0.3) is 0 Å². The zero-order valence-corrected chi connectivity index (χ0v) is 8.14. The maximum Gasteiger partial charge on any atom is -0.0162 e. The fourth-order valence-electron chi connectivity index (χ4n) is 1.14. The molecular formula is C12H18. The van der Waals surface area contributed by atoms with E-state index in [0.717, 1.165) is 12.3 Å². The molecule has 0 aromatic heterocycles. The highest BCUT2D eigenvalue weighted by Gasteiger charge is 2.23. The van der Waals surface area contributed by atoms with E-state index < -0.39 is 0 Å². The fraction of sp³-hybridized carbons (Fsp3) is 0.500. The van der Waals surface area contributed by atoms with Crippen LogP contribution in [0.3, 0.4) is 0 Å². The Hall–Kier alpha value is -0.780. The van der Waals surface area contributed by atoms with Crippen LogP contribution in [-0.2, 0) is 0 Å². The molecule has 0 saturated heterocycles. The molecule has 0 spiro atoms. The molecule has 0 nitrogen and oxygen atoms in total. The predicted molar refractivity (Wildman–Crippen MR) is 55.1 cm³/mol. The van der Waals surface area contributed by atoms with Crippen molar-refractivity contribution in [2.45, 2.75) is 33.1 Å². The van der Waals surface area contributed by atoms with Gasteiger partial charge >= 0.3 is 0 Å². The molecule has 0 bridgehead atoms. The molecule has 1 rings (SSSR count). The highest BCUT2D eigenvalue weighted by atomic mass is 14.3. The van der Waals surface area contributed by atoms with Crippen LogP contribution < -0.4 is 0 Å². The fourth-order valence-corrected chi connectivity index (χ4v) is 1.14. The van der Waals surface area contributed by atoms with Crippen LogP contribution in [0.1, 0.15) is 33.1 Å². The summed E-state index contributed by atoms with van der Waals surface area (Å²) >= 11 is 0. The van der Waals surface area contributed by atoms with Crippen molar-refractivity contribution in [3.05, 3.63) is 36.0 Å². The van der Waals surface area contributed by atoms with Crippen LogP contribution in [0, 0.1) is 5.92 Å². The molecular weight excluding hydrogens is 144 g/mol. The van der Waals surface area contributed by atoms with Crippen molar-refractivity contribution in [3.63, 3.8) is 0 Å². The van der Waals surface area contributed by atoms with Gasteiger partial charge in [-0.15, -0.1) is 0 Å². The average Bonchev–Trinajstić information content (AvgIpc) is 2.89. The molecule has 0 aromatic rings. The van der Waals surface area contributed by atoms with Crippen LogP contribution in [0.2, 0.25) is 0 Å². The minimum absolute atomic E-state index is 0.823. The second-order valence-electron chi connectivity index (χ2n) is 3.51. The molecule has 0 aromatic carbocycles.